The summed E-state index contributed by atoms with van der Waals surface area (Å²) in [5.41, 5.74) is 0.695. The van der Waals surface area contributed by atoms with Crippen molar-refractivity contribution >= 4 is 44.5 Å². The van der Waals surface area contributed by atoms with Crippen LogP contribution >= 0.6 is 38.6 Å². The van der Waals surface area contributed by atoms with Gasteiger partial charge in [-0.05, 0) is 15.9 Å². The van der Waals surface area contributed by atoms with Crippen LogP contribution in [-0.2, 0) is 6.54 Å². The first kappa shape index (κ1) is 13.3. The van der Waals surface area contributed by atoms with Crippen LogP contribution in [0.4, 0.5) is 0 Å². The van der Waals surface area contributed by atoms with Crippen molar-refractivity contribution in [1.29, 1.82) is 0 Å². The molecule has 96 valence electrons. The van der Waals surface area contributed by atoms with Crippen molar-refractivity contribution in [3.05, 3.63) is 35.5 Å². The predicted molar refractivity (Wildman–Crippen MR) is 74.7 cm³/mol. The minimum absolute atomic E-state index is 0.125. The number of aromatic nitrogens is 1. The second kappa shape index (κ2) is 5.68. The number of H-pyrrole nitrogens is 1. The molecule has 8 heteroatoms. The molecule has 0 fully saturated rings. The van der Waals surface area contributed by atoms with E-state index >= 15 is 0 Å². The zero-order chi connectivity index (χ0) is 13.1. The van der Waals surface area contributed by atoms with E-state index in [0.717, 1.165) is 15.1 Å². The third-order valence-corrected chi connectivity index (χ3v) is 4.61. The van der Waals surface area contributed by atoms with E-state index in [4.69, 9.17) is 4.74 Å². The quantitative estimate of drug-likeness (QED) is 0.889. The van der Waals surface area contributed by atoms with Crippen molar-refractivity contribution in [3.8, 4) is 5.75 Å². The summed E-state index contributed by atoms with van der Waals surface area (Å²) in [4.78, 5) is 25.8. The fourth-order valence-corrected chi connectivity index (χ4v) is 3.41. The zero-order valence-corrected chi connectivity index (χ0v) is 12.5. The Kier molecular flexibility index (Phi) is 4.20. The lowest BCUT2D eigenvalue weighted by atomic mass is 10.4. The van der Waals surface area contributed by atoms with Gasteiger partial charge in [0, 0.05) is 17.1 Å². The lowest BCUT2D eigenvalue weighted by molar-refractivity contribution is 0.0954. The highest BCUT2D eigenvalue weighted by molar-refractivity contribution is 9.11. The molecule has 2 aromatic heterocycles. The van der Waals surface area contributed by atoms with Crippen molar-refractivity contribution < 1.29 is 9.53 Å². The molecule has 2 rings (SSSR count). The molecule has 0 atom stereocenters. The highest BCUT2D eigenvalue weighted by Crippen LogP contribution is 2.34. The van der Waals surface area contributed by atoms with E-state index in [1.54, 1.807) is 18.6 Å². The van der Waals surface area contributed by atoms with Gasteiger partial charge in [0.2, 0.25) is 0 Å². The number of ether oxygens (including phenoxy) is 1. The molecule has 0 bridgehead atoms. The number of thiophene rings is 1. The van der Waals surface area contributed by atoms with Gasteiger partial charge in [-0.1, -0.05) is 11.3 Å². The molecule has 18 heavy (non-hydrogen) atoms. The summed E-state index contributed by atoms with van der Waals surface area (Å²) >= 11 is 5.69. The normalized spacial score (nSPS) is 10.3. The van der Waals surface area contributed by atoms with Crippen molar-refractivity contribution in [2.75, 3.05) is 7.11 Å². The van der Waals surface area contributed by atoms with E-state index in [9.17, 15) is 9.59 Å². The summed E-state index contributed by atoms with van der Waals surface area (Å²) in [6.45, 7) is 0.301. The molecule has 2 heterocycles. The van der Waals surface area contributed by atoms with Gasteiger partial charge in [-0.3, -0.25) is 9.59 Å². The summed E-state index contributed by atoms with van der Waals surface area (Å²) in [5, 5.41) is 4.41. The van der Waals surface area contributed by atoms with Crippen molar-refractivity contribution in [1.82, 2.24) is 10.3 Å². The average Bonchev–Trinajstić information content (AvgIpc) is 2.92. The Hall–Kier alpha value is -1.12. The number of nitrogens with one attached hydrogen (secondary N) is 2. The molecule has 0 spiro atoms. The van der Waals surface area contributed by atoms with Gasteiger partial charge in [0.25, 0.3) is 5.91 Å². The SMILES string of the molecule is COc1cc(C(=O)NCc2csc(=O)[nH]2)sc1Br. The summed E-state index contributed by atoms with van der Waals surface area (Å²) in [7, 11) is 1.55. The number of hydrogen-bond acceptors (Lipinski definition) is 5. The van der Waals surface area contributed by atoms with E-state index in [1.165, 1.54) is 11.3 Å². The first-order valence-electron chi connectivity index (χ1n) is 4.88. The summed E-state index contributed by atoms with van der Waals surface area (Å²) in [6.07, 6.45) is 0. The molecule has 0 saturated carbocycles. The van der Waals surface area contributed by atoms with Crippen molar-refractivity contribution in [2.45, 2.75) is 6.54 Å². The molecule has 0 unspecified atom stereocenters. The largest absolute Gasteiger partial charge is 0.495 e. The van der Waals surface area contributed by atoms with Crippen LogP contribution in [-0.4, -0.2) is 18.0 Å². The minimum atomic E-state index is -0.198. The van der Waals surface area contributed by atoms with Crippen LogP contribution in [0.1, 0.15) is 15.4 Å². The smallest absolute Gasteiger partial charge is 0.304 e. The summed E-state index contributed by atoms with van der Waals surface area (Å²) in [6, 6.07) is 1.67. The van der Waals surface area contributed by atoms with Gasteiger partial charge < -0.3 is 15.0 Å². The van der Waals surface area contributed by atoms with Crippen molar-refractivity contribution in [2.24, 2.45) is 0 Å². The maximum absolute atomic E-state index is 11.8. The Balaban J connectivity index is 2.01. The second-order valence-electron chi connectivity index (χ2n) is 3.31. The minimum Gasteiger partial charge on any atom is -0.495 e. The van der Waals surface area contributed by atoms with E-state index in [2.05, 4.69) is 26.2 Å². The topological polar surface area (TPSA) is 71.2 Å². The first-order chi connectivity index (χ1) is 8.60. The average molecular weight is 349 g/mol. The number of halogens is 1. The number of methoxy groups -OCH3 is 1. The Morgan fingerprint density at radius 1 is 1.61 bits per heavy atom. The predicted octanol–water partition coefficient (Wildman–Crippen LogP) is 2.20. The molecule has 0 saturated heterocycles. The molecule has 1 amide bonds. The molecule has 2 N–H and O–H groups in total. The molecule has 0 aliphatic heterocycles. The Morgan fingerprint density at radius 2 is 2.39 bits per heavy atom. The van der Waals surface area contributed by atoms with Crippen LogP contribution in [0.15, 0.2) is 20.0 Å². The van der Waals surface area contributed by atoms with Gasteiger partial charge >= 0.3 is 4.87 Å². The number of carbonyl (C=O) groups is 1. The summed E-state index contributed by atoms with van der Waals surface area (Å²) < 4.78 is 5.86. The molecule has 0 aliphatic rings. The lowest BCUT2D eigenvalue weighted by Crippen LogP contribution is -2.22. The van der Waals surface area contributed by atoms with E-state index < -0.39 is 0 Å². The maximum atomic E-state index is 11.8. The molecule has 0 aliphatic carbocycles. The van der Waals surface area contributed by atoms with Crippen LogP contribution in [0, 0.1) is 0 Å². The van der Waals surface area contributed by atoms with Crippen LogP contribution in [0.25, 0.3) is 0 Å². The Morgan fingerprint density at radius 3 is 2.94 bits per heavy atom. The van der Waals surface area contributed by atoms with Crippen LogP contribution in [0.3, 0.4) is 0 Å². The van der Waals surface area contributed by atoms with Crippen LogP contribution < -0.4 is 14.9 Å². The second-order valence-corrected chi connectivity index (χ2v) is 6.52. The highest BCUT2D eigenvalue weighted by Gasteiger charge is 2.13. The van der Waals surface area contributed by atoms with Crippen molar-refractivity contribution in [3.63, 3.8) is 0 Å². The molecular formula is C10H9BrN2O3S2. The standard InChI is InChI=1S/C10H9BrN2O3S2/c1-16-6-2-7(18-8(6)11)9(14)12-3-5-4-17-10(15)13-5/h2,4H,3H2,1H3,(H,12,14)(H,13,15). The van der Waals surface area contributed by atoms with Gasteiger partial charge in [-0.2, -0.15) is 0 Å². The first-order valence-corrected chi connectivity index (χ1v) is 7.37. The van der Waals surface area contributed by atoms with E-state index in [0.29, 0.717) is 22.9 Å². The third kappa shape index (κ3) is 3.01. The van der Waals surface area contributed by atoms with Gasteiger partial charge in [0.05, 0.1) is 18.5 Å². The zero-order valence-electron chi connectivity index (χ0n) is 9.28. The van der Waals surface area contributed by atoms with Crippen LogP contribution in [0.2, 0.25) is 0 Å². The maximum Gasteiger partial charge on any atom is 0.304 e. The van der Waals surface area contributed by atoms with E-state index in [1.807, 2.05) is 0 Å². The van der Waals surface area contributed by atoms with Gasteiger partial charge in [-0.15, -0.1) is 11.3 Å². The number of rotatable bonds is 4. The fraction of sp³-hybridized carbons (Fsp3) is 0.200. The molecule has 0 radical (unpaired) electrons. The van der Waals surface area contributed by atoms with Gasteiger partial charge in [0.1, 0.15) is 9.54 Å². The molecule has 2 aromatic rings. The molecular weight excluding hydrogens is 340 g/mol. The monoisotopic (exact) mass is 348 g/mol. The lowest BCUT2D eigenvalue weighted by Gasteiger charge is -2.00. The number of hydrogen-bond donors (Lipinski definition) is 2. The number of thiazole rings is 1. The van der Waals surface area contributed by atoms with Gasteiger partial charge in [0.15, 0.2) is 0 Å². The Labute approximate surface area is 119 Å². The highest BCUT2D eigenvalue weighted by atomic mass is 79.9. The van der Waals surface area contributed by atoms with E-state index in [-0.39, 0.29) is 10.8 Å². The molecule has 0 aromatic carbocycles. The van der Waals surface area contributed by atoms with Crippen LogP contribution in [0.5, 0.6) is 5.75 Å². The summed E-state index contributed by atoms with van der Waals surface area (Å²) in [5.74, 6) is 0.435. The van der Waals surface area contributed by atoms with Gasteiger partial charge in [-0.25, -0.2) is 0 Å². The fourth-order valence-electron chi connectivity index (χ4n) is 1.27. The third-order valence-electron chi connectivity index (χ3n) is 2.11. The molecule has 5 nitrogen and oxygen atoms in total. The number of amides is 1. The number of aromatic amines is 1. The Bertz CT molecular complexity index is 617. The number of carbonyl (C=O) groups excluding carboxylic acids is 1.